The molecule has 0 bridgehead atoms. The molecule has 2 heterocycles. The number of nitrogens with zero attached hydrogens (tertiary/aromatic N) is 4. The van der Waals surface area contributed by atoms with E-state index in [9.17, 15) is 9.59 Å². The van der Waals surface area contributed by atoms with Crippen molar-refractivity contribution in [2.45, 2.75) is 46.1 Å². The van der Waals surface area contributed by atoms with E-state index in [1.54, 1.807) is 16.7 Å². The summed E-state index contributed by atoms with van der Waals surface area (Å²) >= 11 is 6.29. The predicted molar refractivity (Wildman–Crippen MR) is 111 cm³/mol. The average Bonchev–Trinajstić information content (AvgIpc) is 3.39. The Bertz CT molecular complexity index is 1120. The Balaban J connectivity index is 1.77. The van der Waals surface area contributed by atoms with Crippen molar-refractivity contribution in [1.29, 1.82) is 0 Å². The number of carbonyl (C=O) groups excluding carboxylic acids is 2. The molecule has 0 radical (unpaired) electrons. The Kier molecular flexibility index (Phi) is 4.86. The van der Waals surface area contributed by atoms with E-state index in [4.69, 9.17) is 11.6 Å². The molecule has 150 valence electrons. The van der Waals surface area contributed by atoms with Gasteiger partial charge < -0.3 is 5.32 Å². The van der Waals surface area contributed by atoms with Crippen LogP contribution in [-0.4, -0.2) is 31.2 Å². The lowest BCUT2D eigenvalue weighted by Gasteiger charge is -2.22. The summed E-state index contributed by atoms with van der Waals surface area (Å²) < 4.78 is 1.56. The van der Waals surface area contributed by atoms with Gasteiger partial charge in [-0.25, -0.2) is 15.0 Å². The summed E-state index contributed by atoms with van der Waals surface area (Å²) in [6.45, 7) is 5.72. The van der Waals surface area contributed by atoms with Crippen molar-refractivity contribution in [2.24, 2.45) is 5.41 Å². The molecule has 1 atom stereocenters. The highest BCUT2D eigenvalue weighted by molar-refractivity contribution is 6.34. The Labute approximate surface area is 173 Å². The smallest absolute Gasteiger partial charge is 0.255 e. The number of halogens is 1. The third-order valence-corrected chi connectivity index (χ3v) is 6.06. The van der Waals surface area contributed by atoms with Crippen molar-refractivity contribution in [2.75, 3.05) is 5.32 Å². The predicted octanol–water partition coefficient (Wildman–Crippen LogP) is 4.04. The molecule has 1 N–H and O–H groups in total. The third-order valence-electron chi connectivity index (χ3n) is 5.75. The van der Waals surface area contributed by atoms with Gasteiger partial charge in [0.15, 0.2) is 17.5 Å². The molecule has 1 unspecified atom stereocenters. The Hall–Kier alpha value is -2.80. The van der Waals surface area contributed by atoms with Gasteiger partial charge in [0, 0.05) is 5.41 Å². The Morgan fingerprint density at radius 1 is 1.24 bits per heavy atom. The molecule has 1 aliphatic carbocycles. The molecule has 0 saturated heterocycles. The van der Waals surface area contributed by atoms with Gasteiger partial charge in [0.05, 0.1) is 22.7 Å². The molecular weight excluding hydrogens is 390 g/mol. The molecule has 1 aromatic carbocycles. The zero-order valence-electron chi connectivity index (χ0n) is 16.6. The quantitative estimate of drug-likeness (QED) is 0.618. The highest BCUT2D eigenvalue weighted by Crippen LogP contribution is 2.51. The monoisotopic (exact) mass is 411 g/mol. The van der Waals surface area contributed by atoms with Crippen LogP contribution in [0.5, 0.6) is 0 Å². The van der Waals surface area contributed by atoms with Crippen LogP contribution in [0.25, 0.3) is 11.2 Å². The second-order valence-electron chi connectivity index (χ2n) is 7.66. The van der Waals surface area contributed by atoms with Crippen LogP contribution in [0.3, 0.4) is 0 Å². The summed E-state index contributed by atoms with van der Waals surface area (Å²) in [5.41, 5.74) is 2.73. The summed E-state index contributed by atoms with van der Waals surface area (Å²) in [7, 11) is 0. The second-order valence-corrected chi connectivity index (χ2v) is 8.06. The van der Waals surface area contributed by atoms with Crippen LogP contribution in [0.4, 0.5) is 5.69 Å². The van der Waals surface area contributed by atoms with Crippen molar-refractivity contribution in [3.8, 4) is 0 Å². The fourth-order valence-corrected chi connectivity index (χ4v) is 3.95. The van der Waals surface area contributed by atoms with Gasteiger partial charge in [-0.15, -0.1) is 0 Å². The molecule has 1 amide bonds. The van der Waals surface area contributed by atoms with Crippen molar-refractivity contribution < 1.29 is 9.59 Å². The summed E-state index contributed by atoms with van der Waals surface area (Å²) in [4.78, 5) is 39.6. The van der Waals surface area contributed by atoms with Crippen LogP contribution < -0.4 is 5.32 Å². The number of rotatable bonds is 6. The first kappa shape index (κ1) is 19.5. The standard InChI is InChI=1S/C21H22ClN5O2/c1-4-21(7-8-21)18(28)17(20(29)26-15-6-5-12(2)9-14(15)22)27-11-25-16-13(3)23-10-24-19(16)27/h5-6,9-11,17H,4,7-8H2,1-3H3,(H,26,29). The maximum Gasteiger partial charge on any atom is 0.255 e. The van der Waals surface area contributed by atoms with Gasteiger partial charge in [-0.2, -0.15) is 0 Å². The van der Waals surface area contributed by atoms with Crippen LogP contribution in [0.2, 0.25) is 5.02 Å². The molecule has 3 aromatic rings. The van der Waals surface area contributed by atoms with E-state index in [0.717, 1.165) is 18.4 Å². The SMILES string of the molecule is CCC1(C(=O)C(C(=O)Nc2ccc(C)cc2Cl)n2cnc3c(C)ncnc32)CC1. The average molecular weight is 412 g/mol. The van der Waals surface area contributed by atoms with Gasteiger partial charge in [0.1, 0.15) is 11.8 Å². The minimum Gasteiger partial charge on any atom is -0.323 e. The zero-order valence-corrected chi connectivity index (χ0v) is 17.3. The number of nitrogens with one attached hydrogen (secondary N) is 1. The van der Waals surface area contributed by atoms with Crippen LogP contribution in [0, 0.1) is 19.3 Å². The molecular formula is C21H22ClN5O2. The molecule has 0 spiro atoms. The molecule has 1 saturated carbocycles. The second kappa shape index (κ2) is 7.22. The number of Topliss-reactive ketones (excluding diaryl/α,β-unsaturated/α-hetero) is 1. The number of hydrogen-bond donors (Lipinski definition) is 1. The summed E-state index contributed by atoms with van der Waals surface area (Å²) in [5.74, 6) is -0.563. The van der Waals surface area contributed by atoms with E-state index < -0.39 is 17.4 Å². The van der Waals surface area contributed by atoms with Gasteiger partial charge in [-0.05, 0) is 50.8 Å². The third kappa shape index (κ3) is 3.40. The number of ketones is 1. The van der Waals surface area contributed by atoms with E-state index in [1.165, 1.54) is 12.7 Å². The fraction of sp³-hybridized carbons (Fsp3) is 0.381. The number of aromatic nitrogens is 4. The van der Waals surface area contributed by atoms with Crippen LogP contribution in [-0.2, 0) is 9.59 Å². The lowest BCUT2D eigenvalue weighted by molar-refractivity contribution is -0.133. The first-order valence-corrected chi connectivity index (χ1v) is 9.99. The Morgan fingerprint density at radius 3 is 2.66 bits per heavy atom. The molecule has 29 heavy (non-hydrogen) atoms. The number of hydrogen-bond acceptors (Lipinski definition) is 5. The zero-order chi connectivity index (χ0) is 20.8. The topological polar surface area (TPSA) is 89.8 Å². The number of aryl methyl sites for hydroxylation is 2. The minimum atomic E-state index is -1.07. The molecule has 8 heteroatoms. The first-order valence-electron chi connectivity index (χ1n) is 9.62. The van der Waals surface area contributed by atoms with E-state index in [0.29, 0.717) is 34.0 Å². The number of benzene rings is 1. The normalized spacial score (nSPS) is 15.9. The van der Waals surface area contributed by atoms with Crippen molar-refractivity contribution in [3.05, 3.63) is 47.1 Å². The van der Waals surface area contributed by atoms with Gasteiger partial charge in [-0.1, -0.05) is 24.6 Å². The van der Waals surface area contributed by atoms with Crippen molar-refractivity contribution >= 4 is 40.1 Å². The maximum absolute atomic E-state index is 13.5. The largest absolute Gasteiger partial charge is 0.323 e. The lowest BCUT2D eigenvalue weighted by atomic mass is 9.91. The van der Waals surface area contributed by atoms with E-state index >= 15 is 0 Å². The summed E-state index contributed by atoms with van der Waals surface area (Å²) in [5, 5.41) is 3.25. The lowest BCUT2D eigenvalue weighted by Crippen LogP contribution is -2.36. The van der Waals surface area contributed by atoms with Gasteiger partial charge >= 0.3 is 0 Å². The molecule has 0 aliphatic heterocycles. The number of fused-ring (bicyclic) bond motifs is 1. The number of amides is 1. The van der Waals surface area contributed by atoms with Crippen molar-refractivity contribution in [1.82, 2.24) is 19.5 Å². The molecule has 4 rings (SSSR count). The van der Waals surface area contributed by atoms with E-state index in [2.05, 4.69) is 20.3 Å². The van der Waals surface area contributed by atoms with Crippen molar-refractivity contribution in [3.63, 3.8) is 0 Å². The number of imidazole rings is 1. The van der Waals surface area contributed by atoms with Crippen LogP contribution >= 0.6 is 11.6 Å². The first-order chi connectivity index (χ1) is 13.9. The van der Waals surface area contributed by atoms with E-state index in [1.807, 2.05) is 26.8 Å². The highest BCUT2D eigenvalue weighted by Gasteiger charge is 2.52. The van der Waals surface area contributed by atoms with Gasteiger partial charge in [0.2, 0.25) is 0 Å². The van der Waals surface area contributed by atoms with Gasteiger partial charge in [0.25, 0.3) is 5.91 Å². The molecule has 1 aliphatic rings. The summed E-state index contributed by atoms with van der Waals surface area (Å²) in [6.07, 6.45) is 5.19. The van der Waals surface area contributed by atoms with Gasteiger partial charge in [-0.3, -0.25) is 14.2 Å². The fourth-order valence-electron chi connectivity index (χ4n) is 3.67. The number of carbonyl (C=O) groups is 2. The van der Waals surface area contributed by atoms with Crippen LogP contribution in [0.1, 0.15) is 43.5 Å². The Morgan fingerprint density at radius 2 is 2.00 bits per heavy atom. The maximum atomic E-state index is 13.5. The molecule has 7 nitrogen and oxygen atoms in total. The molecule has 1 fully saturated rings. The number of anilines is 1. The molecule has 2 aromatic heterocycles. The summed E-state index contributed by atoms with van der Waals surface area (Å²) in [6, 6.07) is 4.29. The van der Waals surface area contributed by atoms with Crippen LogP contribution in [0.15, 0.2) is 30.9 Å². The minimum absolute atomic E-state index is 0.115. The highest BCUT2D eigenvalue weighted by atomic mass is 35.5. The van der Waals surface area contributed by atoms with E-state index in [-0.39, 0.29) is 5.78 Å².